The first-order valence-electron chi connectivity index (χ1n) is 6.32. The van der Waals surface area contributed by atoms with Crippen molar-refractivity contribution in [2.75, 3.05) is 19.4 Å². The van der Waals surface area contributed by atoms with Crippen molar-refractivity contribution in [2.24, 2.45) is 0 Å². The maximum atomic E-state index is 11.5. The number of methoxy groups -OCH3 is 1. The Bertz CT molecular complexity index is 261. The molecule has 0 aliphatic rings. The van der Waals surface area contributed by atoms with E-state index in [0.717, 1.165) is 19.3 Å². The van der Waals surface area contributed by atoms with E-state index in [2.05, 4.69) is 30.8 Å². The van der Waals surface area contributed by atoms with Gasteiger partial charge in [0.25, 0.3) is 0 Å². The summed E-state index contributed by atoms with van der Waals surface area (Å²) in [6.07, 6.45) is 3.12. The molecule has 0 aromatic heterocycles. The second-order valence-electron chi connectivity index (χ2n) is 5.14. The van der Waals surface area contributed by atoms with Gasteiger partial charge in [-0.15, -0.1) is 11.8 Å². The number of ether oxygens (including phenoxy) is 1. The van der Waals surface area contributed by atoms with Gasteiger partial charge in [0, 0.05) is 17.7 Å². The van der Waals surface area contributed by atoms with Crippen LogP contribution in [0.15, 0.2) is 0 Å². The van der Waals surface area contributed by atoms with E-state index in [-0.39, 0.29) is 16.6 Å². The molecule has 5 heteroatoms. The zero-order valence-corrected chi connectivity index (χ0v) is 12.7. The minimum absolute atomic E-state index is 0.0860. The maximum absolute atomic E-state index is 11.5. The first-order chi connectivity index (χ1) is 8.35. The van der Waals surface area contributed by atoms with Gasteiger partial charge in [-0.25, -0.2) is 0 Å². The molecular weight excluding hydrogens is 250 g/mol. The highest BCUT2D eigenvalue weighted by Gasteiger charge is 2.12. The molecule has 0 heterocycles. The third-order valence-electron chi connectivity index (χ3n) is 2.24. The molecule has 0 aromatic rings. The van der Waals surface area contributed by atoms with Crippen molar-refractivity contribution in [3.63, 3.8) is 0 Å². The molecule has 0 aliphatic heterocycles. The Labute approximate surface area is 114 Å². The van der Waals surface area contributed by atoms with Gasteiger partial charge in [0.1, 0.15) is 0 Å². The lowest BCUT2D eigenvalue weighted by molar-refractivity contribution is -0.140. The van der Waals surface area contributed by atoms with Crippen molar-refractivity contribution >= 4 is 23.6 Å². The molecular formula is C13H25NO3S. The van der Waals surface area contributed by atoms with Crippen LogP contribution in [0.3, 0.4) is 0 Å². The fourth-order valence-corrected chi connectivity index (χ4v) is 1.90. The molecule has 0 aliphatic carbocycles. The molecule has 0 atom stereocenters. The van der Waals surface area contributed by atoms with E-state index in [4.69, 9.17) is 0 Å². The molecule has 0 unspecified atom stereocenters. The Balaban J connectivity index is 3.38. The van der Waals surface area contributed by atoms with Crippen LogP contribution in [-0.2, 0) is 14.3 Å². The van der Waals surface area contributed by atoms with E-state index in [1.165, 1.54) is 7.11 Å². The van der Waals surface area contributed by atoms with Crippen LogP contribution in [0.1, 0.15) is 46.5 Å². The summed E-state index contributed by atoms with van der Waals surface area (Å²) in [4.78, 5) is 22.3. The lowest BCUT2D eigenvalue weighted by atomic mass is 10.2. The number of nitrogens with one attached hydrogen (secondary N) is 1. The Kier molecular flexibility index (Phi) is 8.89. The van der Waals surface area contributed by atoms with Crippen molar-refractivity contribution in [3.05, 3.63) is 0 Å². The number of hydrogen-bond acceptors (Lipinski definition) is 4. The summed E-state index contributed by atoms with van der Waals surface area (Å²) >= 11 is 1.64. The lowest BCUT2D eigenvalue weighted by Crippen LogP contribution is -2.27. The highest BCUT2D eigenvalue weighted by Crippen LogP contribution is 2.22. The van der Waals surface area contributed by atoms with Gasteiger partial charge in [0.2, 0.25) is 5.91 Å². The zero-order valence-electron chi connectivity index (χ0n) is 11.9. The highest BCUT2D eigenvalue weighted by atomic mass is 32.2. The van der Waals surface area contributed by atoms with E-state index in [9.17, 15) is 9.59 Å². The third-order valence-corrected chi connectivity index (χ3v) is 3.52. The standard InChI is InChI=1S/C13H25NO3S/c1-13(2,3)18-10-11(15)14-9-7-5-6-8-12(16)17-4/h5-10H2,1-4H3,(H,14,15). The first kappa shape index (κ1) is 17.3. The SMILES string of the molecule is COC(=O)CCCCCNC(=O)CSC(C)(C)C. The fraction of sp³-hybridized carbons (Fsp3) is 0.846. The molecule has 0 bridgehead atoms. The number of esters is 1. The smallest absolute Gasteiger partial charge is 0.305 e. The van der Waals surface area contributed by atoms with Gasteiger partial charge >= 0.3 is 5.97 Å². The van der Waals surface area contributed by atoms with Crippen LogP contribution >= 0.6 is 11.8 Å². The molecule has 0 saturated carbocycles. The van der Waals surface area contributed by atoms with Crippen molar-refractivity contribution in [3.8, 4) is 0 Å². The number of carbonyl (C=O) groups is 2. The Morgan fingerprint density at radius 1 is 1.17 bits per heavy atom. The maximum Gasteiger partial charge on any atom is 0.305 e. The topological polar surface area (TPSA) is 55.4 Å². The number of thioether (sulfide) groups is 1. The van der Waals surface area contributed by atoms with Gasteiger partial charge in [-0.2, -0.15) is 0 Å². The van der Waals surface area contributed by atoms with Gasteiger partial charge < -0.3 is 10.1 Å². The highest BCUT2D eigenvalue weighted by molar-refractivity contribution is 8.01. The van der Waals surface area contributed by atoms with Crippen molar-refractivity contribution < 1.29 is 14.3 Å². The summed E-state index contributed by atoms with van der Waals surface area (Å²) in [5.74, 6) is 0.426. The van der Waals surface area contributed by atoms with Gasteiger partial charge in [0.05, 0.1) is 12.9 Å². The van der Waals surface area contributed by atoms with Crippen LogP contribution in [0.4, 0.5) is 0 Å². The molecule has 106 valence electrons. The van der Waals surface area contributed by atoms with E-state index in [1.54, 1.807) is 11.8 Å². The Hall–Kier alpha value is -0.710. The second kappa shape index (κ2) is 9.25. The number of carbonyl (C=O) groups excluding carboxylic acids is 2. The summed E-state index contributed by atoms with van der Waals surface area (Å²) in [6.45, 7) is 6.97. The molecule has 0 spiro atoms. The minimum atomic E-state index is -0.166. The van der Waals surface area contributed by atoms with Crippen LogP contribution in [0.2, 0.25) is 0 Å². The molecule has 18 heavy (non-hydrogen) atoms. The summed E-state index contributed by atoms with van der Waals surface area (Å²) in [5, 5.41) is 2.88. The number of rotatable bonds is 8. The van der Waals surface area contributed by atoms with E-state index >= 15 is 0 Å². The molecule has 4 nitrogen and oxygen atoms in total. The number of amides is 1. The monoisotopic (exact) mass is 275 g/mol. The van der Waals surface area contributed by atoms with Crippen molar-refractivity contribution in [2.45, 2.75) is 51.2 Å². The molecule has 0 aromatic carbocycles. The lowest BCUT2D eigenvalue weighted by Gasteiger charge is -2.16. The quantitative estimate of drug-likeness (QED) is 0.546. The number of hydrogen-bond donors (Lipinski definition) is 1. The van der Waals surface area contributed by atoms with Crippen LogP contribution in [0, 0.1) is 0 Å². The Morgan fingerprint density at radius 2 is 1.83 bits per heavy atom. The summed E-state index contributed by atoms with van der Waals surface area (Å²) in [7, 11) is 1.40. The third kappa shape index (κ3) is 11.8. The van der Waals surface area contributed by atoms with Crippen molar-refractivity contribution in [1.82, 2.24) is 5.32 Å². The average molecular weight is 275 g/mol. The van der Waals surface area contributed by atoms with E-state index in [0.29, 0.717) is 18.7 Å². The van der Waals surface area contributed by atoms with Gasteiger partial charge in [-0.1, -0.05) is 27.2 Å². The van der Waals surface area contributed by atoms with E-state index in [1.807, 2.05) is 0 Å². The normalized spacial score (nSPS) is 11.1. The Morgan fingerprint density at radius 3 is 2.39 bits per heavy atom. The largest absolute Gasteiger partial charge is 0.469 e. The van der Waals surface area contributed by atoms with Crippen molar-refractivity contribution in [1.29, 1.82) is 0 Å². The second-order valence-corrected chi connectivity index (χ2v) is 6.94. The predicted octanol–water partition coefficient (Wildman–Crippen LogP) is 2.37. The van der Waals surface area contributed by atoms with Gasteiger partial charge in [-0.05, 0) is 12.8 Å². The molecule has 1 amide bonds. The summed E-state index contributed by atoms with van der Waals surface area (Å²) in [6, 6.07) is 0. The molecule has 0 saturated heterocycles. The minimum Gasteiger partial charge on any atom is -0.469 e. The molecule has 0 fully saturated rings. The van der Waals surface area contributed by atoms with Gasteiger partial charge in [0.15, 0.2) is 0 Å². The van der Waals surface area contributed by atoms with Crippen LogP contribution in [0.25, 0.3) is 0 Å². The van der Waals surface area contributed by atoms with Crippen LogP contribution in [-0.4, -0.2) is 36.0 Å². The first-order valence-corrected chi connectivity index (χ1v) is 7.31. The summed E-state index contributed by atoms with van der Waals surface area (Å²) in [5.41, 5.74) is 0. The summed E-state index contributed by atoms with van der Waals surface area (Å²) < 4.78 is 4.67. The predicted molar refractivity (Wildman–Crippen MR) is 75.7 cm³/mol. The zero-order chi connectivity index (χ0) is 14.0. The van der Waals surface area contributed by atoms with Crippen LogP contribution in [0.5, 0.6) is 0 Å². The van der Waals surface area contributed by atoms with Gasteiger partial charge in [-0.3, -0.25) is 9.59 Å². The molecule has 0 radical (unpaired) electrons. The molecule has 0 rings (SSSR count). The molecule has 1 N–H and O–H groups in total. The fourth-order valence-electron chi connectivity index (χ4n) is 1.23. The number of unbranched alkanes of at least 4 members (excludes halogenated alkanes) is 2. The average Bonchev–Trinajstić information content (AvgIpc) is 2.29. The van der Waals surface area contributed by atoms with Crippen LogP contribution < -0.4 is 5.32 Å². The van der Waals surface area contributed by atoms with E-state index < -0.39 is 0 Å².